The number of nitrogens with zero attached hydrogens (tertiary/aromatic N) is 1. The van der Waals surface area contributed by atoms with Crippen LogP contribution >= 0.6 is 0 Å². The van der Waals surface area contributed by atoms with Crippen molar-refractivity contribution in [1.29, 1.82) is 0 Å². The number of carbonyl (C=O) groups is 2. The van der Waals surface area contributed by atoms with Crippen molar-refractivity contribution in [2.24, 2.45) is 5.73 Å². The highest BCUT2D eigenvalue weighted by molar-refractivity contribution is 5.77. The van der Waals surface area contributed by atoms with E-state index in [-0.39, 0.29) is 19.1 Å². The standard InChI is InChI=1S/C7H14N2O3/c1-5(2)9(3-6(8)10)4-7(11)12/h5H,3-4H2,1-2H3,(H2,8,10)(H,11,12). The number of carboxylic acids is 1. The van der Waals surface area contributed by atoms with Crippen LogP contribution in [0.1, 0.15) is 13.8 Å². The van der Waals surface area contributed by atoms with E-state index in [4.69, 9.17) is 10.8 Å². The third-order valence-corrected chi connectivity index (χ3v) is 1.43. The Kier molecular flexibility index (Phi) is 4.28. The van der Waals surface area contributed by atoms with Crippen molar-refractivity contribution in [1.82, 2.24) is 4.90 Å². The summed E-state index contributed by atoms with van der Waals surface area (Å²) in [5, 5.41) is 8.45. The van der Waals surface area contributed by atoms with E-state index < -0.39 is 11.9 Å². The molecule has 0 fully saturated rings. The molecule has 0 aliphatic heterocycles. The fraction of sp³-hybridized carbons (Fsp3) is 0.714. The van der Waals surface area contributed by atoms with Gasteiger partial charge in [0.05, 0.1) is 13.1 Å². The normalized spacial score (nSPS) is 10.7. The van der Waals surface area contributed by atoms with Crippen molar-refractivity contribution in [3.8, 4) is 0 Å². The lowest BCUT2D eigenvalue weighted by atomic mass is 10.3. The highest BCUT2D eigenvalue weighted by Gasteiger charge is 2.14. The summed E-state index contributed by atoms with van der Waals surface area (Å²) >= 11 is 0. The lowest BCUT2D eigenvalue weighted by molar-refractivity contribution is -0.139. The number of rotatable bonds is 5. The van der Waals surface area contributed by atoms with Crippen LogP contribution in [0.3, 0.4) is 0 Å². The molecule has 5 nitrogen and oxygen atoms in total. The number of carbonyl (C=O) groups excluding carboxylic acids is 1. The molecule has 1 amide bonds. The number of aliphatic carboxylic acids is 1. The van der Waals surface area contributed by atoms with Crippen LogP contribution in [0.25, 0.3) is 0 Å². The quantitative estimate of drug-likeness (QED) is 0.575. The maximum Gasteiger partial charge on any atom is 0.317 e. The predicted molar refractivity (Wildman–Crippen MR) is 43.5 cm³/mol. The molecule has 0 atom stereocenters. The van der Waals surface area contributed by atoms with Gasteiger partial charge >= 0.3 is 5.97 Å². The van der Waals surface area contributed by atoms with Crippen LogP contribution in [0.15, 0.2) is 0 Å². The Morgan fingerprint density at radius 3 is 2.17 bits per heavy atom. The summed E-state index contributed by atoms with van der Waals surface area (Å²) in [6, 6.07) is 0.00796. The van der Waals surface area contributed by atoms with Crippen LogP contribution in [0, 0.1) is 0 Å². The molecular formula is C7H14N2O3. The highest BCUT2D eigenvalue weighted by atomic mass is 16.4. The molecule has 0 aromatic rings. The predicted octanol–water partition coefficient (Wildman–Crippen LogP) is -0.733. The second-order valence-electron chi connectivity index (χ2n) is 2.86. The zero-order chi connectivity index (χ0) is 9.72. The molecule has 0 bridgehead atoms. The van der Waals surface area contributed by atoms with Crippen LogP contribution in [-0.4, -0.2) is 41.0 Å². The van der Waals surface area contributed by atoms with E-state index in [0.717, 1.165) is 0 Å². The summed E-state index contributed by atoms with van der Waals surface area (Å²) in [5.74, 6) is -1.46. The third kappa shape index (κ3) is 4.68. The van der Waals surface area contributed by atoms with Gasteiger partial charge in [-0.1, -0.05) is 0 Å². The van der Waals surface area contributed by atoms with Gasteiger partial charge in [-0.15, -0.1) is 0 Å². The molecular weight excluding hydrogens is 160 g/mol. The molecule has 0 rings (SSSR count). The number of amides is 1. The highest BCUT2D eigenvalue weighted by Crippen LogP contribution is 1.95. The fourth-order valence-corrected chi connectivity index (χ4v) is 0.795. The van der Waals surface area contributed by atoms with Crippen molar-refractivity contribution in [2.75, 3.05) is 13.1 Å². The second-order valence-corrected chi connectivity index (χ2v) is 2.86. The van der Waals surface area contributed by atoms with E-state index in [1.807, 2.05) is 13.8 Å². The van der Waals surface area contributed by atoms with Gasteiger partial charge in [0.15, 0.2) is 0 Å². The molecule has 0 radical (unpaired) electrons. The van der Waals surface area contributed by atoms with Crippen LogP contribution in [0.5, 0.6) is 0 Å². The van der Waals surface area contributed by atoms with E-state index in [1.165, 1.54) is 4.90 Å². The van der Waals surface area contributed by atoms with Crippen molar-refractivity contribution < 1.29 is 14.7 Å². The molecule has 0 spiro atoms. The first-order valence-electron chi connectivity index (χ1n) is 3.67. The third-order valence-electron chi connectivity index (χ3n) is 1.43. The maximum absolute atomic E-state index is 10.5. The lowest BCUT2D eigenvalue weighted by Gasteiger charge is -2.22. The number of hydrogen-bond acceptors (Lipinski definition) is 3. The van der Waals surface area contributed by atoms with E-state index in [9.17, 15) is 9.59 Å². The Hall–Kier alpha value is -1.10. The van der Waals surface area contributed by atoms with Gasteiger partial charge in [0.25, 0.3) is 0 Å². The van der Waals surface area contributed by atoms with Crippen LogP contribution in [-0.2, 0) is 9.59 Å². The summed E-state index contributed by atoms with van der Waals surface area (Å²) in [4.78, 5) is 22.3. The molecule has 0 heterocycles. The molecule has 0 aliphatic carbocycles. The average Bonchev–Trinajstić information content (AvgIpc) is 1.83. The van der Waals surface area contributed by atoms with Crippen LogP contribution in [0.4, 0.5) is 0 Å². The van der Waals surface area contributed by atoms with E-state index in [2.05, 4.69) is 0 Å². The molecule has 0 aromatic carbocycles. The average molecular weight is 174 g/mol. The molecule has 0 saturated heterocycles. The van der Waals surface area contributed by atoms with Gasteiger partial charge in [0, 0.05) is 6.04 Å². The van der Waals surface area contributed by atoms with Crippen LogP contribution < -0.4 is 5.73 Å². The van der Waals surface area contributed by atoms with Gasteiger partial charge in [-0.05, 0) is 13.8 Å². The van der Waals surface area contributed by atoms with Crippen molar-refractivity contribution in [2.45, 2.75) is 19.9 Å². The summed E-state index contributed by atoms with van der Waals surface area (Å²) in [5.41, 5.74) is 4.93. The Morgan fingerprint density at radius 1 is 1.42 bits per heavy atom. The zero-order valence-corrected chi connectivity index (χ0v) is 7.28. The number of nitrogens with two attached hydrogens (primary N) is 1. The molecule has 0 aromatic heterocycles. The van der Waals surface area contributed by atoms with Gasteiger partial charge in [-0.25, -0.2) is 0 Å². The fourth-order valence-electron chi connectivity index (χ4n) is 0.795. The lowest BCUT2D eigenvalue weighted by Crippen LogP contribution is -2.41. The molecule has 0 unspecified atom stereocenters. The van der Waals surface area contributed by atoms with Crippen molar-refractivity contribution >= 4 is 11.9 Å². The zero-order valence-electron chi connectivity index (χ0n) is 7.28. The number of carboxylic acid groups (broad SMARTS) is 1. The van der Waals surface area contributed by atoms with Gasteiger partial charge in [-0.3, -0.25) is 14.5 Å². The Labute approximate surface area is 71.1 Å². The van der Waals surface area contributed by atoms with Gasteiger partial charge in [0.1, 0.15) is 0 Å². The summed E-state index contributed by atoms with van der Waals surface area (Å²) in [6.07, 6.45) is 0. The smallest absolute Gasteiger partial charge is 0.317 e. The molecule has 0 aliphatic rings. The van der Waals surface area contributed by atoms with E-state index in [0.29, 0.717) is 0 Å². The first-order chi connectivity index (χ1) is 5.43. The number of primary amides is 1. The van der Waals surface area contributed by atoms with Crippen LogP contribution in [0.2, 0.25) is 0 Å². The minimum absolute atomic E-state index is 0.00796. The molecule has 70 valence electrons. The maximum atomic E-state index is 10.5. The second kappa shape index (κ2) is 4.71. The topological polar surface area (TPSA) is 83.6 Å². The SMILES string of the molecule is CC(C)N(CC(N)=O)CC(=O)O. The van der Waals surface area contributed by atoms with E-state index >= 15 is 0 Å². The minimum Gasteiger partial charge on any atom is -0.480 e. The molecule has 5 heteroatoms. The summed E-state index contributed by atoms with van der Waals surface area (Å²) in [7, 11) is 0. The summed E-state index contributed by atoms with van der Waals surface area (Å²) in [6.45, 7) is 3.46. The van der Waals surface area contributed by atoms with E-state index in [1.54, 1.807) is 0 Å². The van der Waals surface area contributed by atoms with Gasteiger partial charge in [0.2, 0.25) is 5.91 Å². The Morgan fingerprint density at radius 2 is 1.92 bits per heavy atom. The minimum atomic E-state index is -0.954. The Balaban J connectivity index is 4.04. The monoisotopic (exact) mass is 174 g/mol. The van der Waals surface area contributed by atoms with Gasteiger partial charge in [-0.2, -0.15) is 0 Å². The molecule has 3 N–H and O–H groups in total. The molecule has 12 heavy (non-hydrogen) atoms. The summed E-state index contributed by atoms with van der Waals surface area (Å²) < 4.78 is 0. The van der Waals surface area contributed by atoms with Crippen molar-refractivity contribution in [3.63, 3.8) is 0 Å². The number of hydrogen-bond donors (Lipinski definition) is 2. The van der Waals surface area contributed by atoms with Crippen molar-refractivity contribution in [3.05, 3.63) is 0 Å². The Bertz CT molecular complexity index is 163. The van der Waals surface area contributed by atoms with Gasteiger partial charge < -0.3 is 10.8 Å². The first-order valence-corrected chi connectivity index (χ1v) is 3.67. The first kappa shape index (κ1) is 10.9. The molecule has 0 saturated carbocycles. The largest absolute Gasteiger partial charge is 0.480 e.